The zero-order valence-corrected chi connectivity index (χ0v) is 19.2. The maximum atomic E-state index is 12.3. The molecule has 0 spiro atoms. The number of aromatic nitrogens is 2. The number of nitrogens with zero attached hydrogens (tertiary/aromatic N) is 3. The minimum Gasteiger partial charge on any atom is -0.494 e. The summed E-state index contributed by atoms with van der Waals surface area (Å²) in [4.78, 5) is 29.1. The molecule has 0 aliphatic rings. The van der Waals surface area contributed by atoms with E-state index in [9.17, 15) is 14.9 Å². The van der Waals surface area contributed by atoms with E-state index in [0.717, 1.165) is 22.4 Å². The lowest BCUT2D eigenvalue weighted by Crippen LogP contribution is -2.30. The van der Waals surface area contributed by atoms with E-state index >= 15 is 0 Å². The van der Waals surface area contributed by atoms with E-state index in [0.29, 0.717) is 23.3 Å². The molecule has 0 saturated carbocycles. The van der Waals surface area contributed by atoms with Gasteiger partial charge in [0.15, 0.2) is 11.7 Å². The standard InChI is InChI=1S/C25H21N3O5S/c1-2-13-31-19-9-10-23-21(14-19)27-25(34-23)33-18-7-5-17(6-8-18)32-16-22(29)20(15-26)24(30)28-11-3-4-12-28/h3-12,14,20H,2,13,16H2,1H3. The van der Waals surface area contributed by atoms with Crippen molar-refractivity contribution in [2.75, 3.05) is 13.2 Å². The first kappa shape index (κ1) is 23.0. The highest BCUT2D eigenvalue weighted by Crippen LogP contribution is 2.33. The number of hydrogen-bond donors (Lipinski definition) is 0. The minimum absolute atomic E-state index is 0.397. The Hall–Kier alpha value is -4.16. The van der Waals surface area contributed by atoms with E-state index in [1.54, 1.807) is 42.5 Å². The van der Waals surface area contributed by atoms with Crippen LogP contribution in [0.15, 0.2) is 67.0 Å². The number of ether oxygens (including phenoxy) is 3. The summed E-state index contributed by atoms with van der Waals surface area (Å²) < 4.78 is 19.2. The number of benzene rings is 2. The summed E-state index contributed by atoms with van der Waals surface area (Å²) in [6.45, 7) is 2.31. The van der Waals surface area contributed by atoms with Crippen molar-refractivity contribution in [1.82, 2.24) is 9.55 Å². The zero-order chi connectivity index (χ0) is 23.9. The number of fused-ring (bicyclic) bond motifs is 1. The first-order valence-electron chi connectivity index (χ1n) is 10.6. The highest BCUT2D eigenvalue weighted by molar-refractivity contribution is 7.20. The van der Waals surface area contributed by atoms with Gasteiger partial charge in [0.1, 0.15) is 23.9 Å². The Bertz CT molecular complexity index is 1320. The van der Waals surface area contributed by atoms with Crippen molar-refractivity contribution in [3.8, 4) is 28.5 Å². The average molecular weight is 476 g/mol. The number of hydrogen-bond acceptors (Lipinski definition) is 8. The first-order chi connectivity index (χ1) is 16.6. The van der Waals surface area contributed by atoms with Gasteiger partial charge in [-0.2, -0.15) is 5.26 Å². The largest absolute Gasteiger partial charge is 0.494 e. The van der Waals surface area contributed by atoms with Crippen LogP contribution in [-0.4, -0.2) is 34.5 Å². The van der Waals surface area contributed by atoms with Crippen LogP contribution in [0.25, 0.3) is 10.2 Å². The molecule has 2 heterocycles. The Morgan fingerprint density at radius 1 is 1.06 bits per heavy atom. The van der Waals surface area contributed by atoms with Crippen molar-refractivity contribution in [1.29, 1.82) is 5.26 Å². The summed E-state index contributed by atoms with van der Waals surface area (Å²) in [6, 6.07) is 17.5. The van der Waals surface area contributed by atoms with Crippen LogP contribution in [0.2, 0.25) is 0 Å². The Morgan fingerprint density at radius 3 is 2.47 bits per heavy atom. The highest BCUT2D eigenvalue weighted by Gasteiger charge is 2.27. The number of carbonyl (C=O) groups excluding carboxylic acids is 2. The zero-order valence-electron chi connectivity index (χ0n) is 18.3. The number of ketones is 1. The summed E-state index contributed by atoms with van der Waals surface area (Å²) in [5.74, 6) is -0.911. The lowest BCUT2D eigenvalue weighted by Gasteiger charge is -2.10. The second kappa shape index (κ2) is 10.6. The van der Waals surface area contributed by atoms with Crippen LogP contribution in [0.1, 0.15) is 18.1 Å². The van der Waals surface area contributed by atoms with Crippen molar-refractivity contribution in [2.24, 2.45) is 5.92 Å². The van der Waals surface area contributed by atoms with Crippen LogP contribution >= 0.6 is 11.3 Å². The Kier molecular flexibility index (Phi) is 7.20. The molecule has 4 aromatic rings. The fourth-order valence-corrected chi connectivity index (χ4v) is 3.89. The van der Waals surface area contributed by atoms with Gasteiger partial charge in [0.05, 0.1) is 22.9 Å². The number of rotatable bonds is 10. The van der Waals surface area contributed by atoms with Crippen molar-refractivity contribution < 1.29 is 23.8 Å². The highest BCUT2D eigenvalue weighted by atomic mass is 32.1. The van der Waals surface area contributed by atoms with Gasteiger partial charge in [-0.25, -0.2) is 4.98 Å². The van der Waals surface area contributed by atoms with Crippen molar-refractivity contribution in [3.05, 3.63) is 67.0 Å². The summed E-state index contributed by atoms with van der Waals surface area (Å²) in [5, 5.41) is 9.75. The van der Waals surface area contributed by atoms with Crippen LogP contribution in [0.3, 0.4) is 0 Å². The Balaban J connectivity index is 1.34. The molecule has 9 heteroatoms. The van der Waals surface area contributed by atoms with Gasteiger partial charge in [-0.3, -0.25) is 14.2 Å². The number of nitriles is 1. The average Bonchev–Trinajstić information content (AvgIpc) is 3.52. The minimum atomic E-state index is -1.43. The summed E-state index contributed by atoms with van der Waals surface area (Å²) in [5.41, 5.74) is 0.800. The predicted octanol–water partition coefficient (Wildman–Crippen LogP) is 5.11. The molecule has 0 saturated heterocycles. The molecular formula is C25H21N3O5S. The van der Waals surface area contributed by atoms with Crippen LogP contribution < -0.4 is 14.2 Å². The monoisotopic (exact) mass is 475 g/mol. The quantitative estimate of drug-likeness (QED) is 0.294. The molecule has 2 aromatic carbocycles. The molecule has 1 unspecified atom stereocenters. The topological polar surface area (TPSA) is 103 Å². The Morgan fingerprint density at radius 2 is 1.76 bits per heavy atom. The second-order valence-electron chi connectivity index (χ2n) is 7.28. The molecule has 8 nitrogen and oxygen atoms in total. The third-order valence-electron chi connectivity index (χ3n) is 4.78. The fraction of sp³-hybridized carbons (Fsp3) is 0.200. The van der Waals surface area contributed by atoms with Crippen LogP contribution in [0.4, 0.5) is 0 Å². The molecule has 4 rings (SSSR count). The van der Waals surface area contributed by atoms with Gasteiger partial charge in [-0.15, -0.1) is 0 Å². The van der Waals surface area contributed by atoms with Gasteiger partial charge < -0.3 is 14.2 Å². The third kappa shape index (κ3) is 5.42. The van der Waals surface area contributed by atoms with Gasteiger partial charge in [0.25, 0.3) is 11.1 Å². The molecule has 0 aliphatic heterocycles. The predicted molar refractivity (Wildman–Crippen MR) is 127 cm³/mol. The van der Waals surface area contributed by atoms with E-state index in [4.69, 9.17) is 14.2 Å². The van der Waals surface area contributed by atoms with Crippen molar-refractivity contribution in [2.45, 2.75) is 13.3 Å². The second-order valence-corrected chi connectivity index (χ2v) is 8.27. The Labute approximate surface area is 199 Å². The molecule has 0 aliphatic carbocycles. The number of carbonyl (C=O) groups is 2. The van der Waals surface area contributed by atoms with Crippen LogP contribution in [-0.2, 0) is 4.79 Å². The summed E-state index contributed by atoms with van der Waals surface area (Å²) in [7, 11) is 0. The molecule has 0 radical (unpaired) electrons. The van der Waals surface area contributed by atoms with E-state index in [-0.39, 0.29) is 0 Å². The normalized spacial score (nSPS) is 11.5. The van der Waals surface area contributed by atoms with E-state index in [1.165, 1.54) is 28.3 Å². The molecule has 0 bridgehead atoms. The van der Waals surface area contributed by atoms with Crippen LogP contribution in [0.5, 0.6) is 22.4 Å². The fourth-order valence-electron chi connectivity index (χ4n) is 3.08. The van der Waals surface area contributed by atoms with Gasteiger partial charge in [-0.1, -0.05) is 18.3 Å². The van der Waals surface area contributed by atoms with E-state index < -0.39 is 24.2 Å². The van der Waals surface area contributed by atoms with Gasteiger partial charge in [-0.05, 0) is 55.0 Å². The molecule has 0 N–H and O–H groups in total. The summed E-state index contributed by atoms with van der Waals surface area (Å²) >= 11 is 1.42. The maximum absolute atomic E-state index is 12.3. The lowest BCUT2D eigenvalue weighted by atomic mass is 10.1. The smallest absolute Gasteiger partial charge is 0.279 e. The van der Waals surface area contributed by atoms with Gasteiger partial charge in [0, 0.05) is 18.5 Å². The van der Waals surface area contributed by atoms with Crippen molar-refractivity contribution >= 4 is 33.2 Å². The van der Waals surface area contributed by atoms with E-state index in [2.05, 4.69) is 11.9 Å². The van der Waals surface area contributed by atoms with E-state index in [1.807, 2.05) is 18.2 Å². The molecule has 34 heavy (non-hydrogen) atoms. The van der Waals surface area contributed by atoms with Gasteiger partial charge >= 0.3 is 0 Å². The third-order valence-corrected chi connectivity index (χ3v) is 5.69. The number of Topliss-reactive ketones (excluding diaryl/α,β-unsaturated/α-hetero) is 1. The van der Waals surface area contributed by atoms with Crippen molar-refractivity contribution in [3.63, 3.8) is 0 Å². The summed E-state index contributed by atoms with van der Waals surface area (Å²) in [6.07, 6.45) is 3.91. The van der Waals surface area contributed by atoms with Crippen LogP contribution in [0, 0.1) is 17.2 Å². The molecule has 1 atom stereocenters. The maximum Gasteiger partial charge on any atom is 0.279 e. The molecular weight excluding hydrogens is 454 g/mol. The lowest BCUT2D eigenvalue weighted by molar-refractivity contribution is -0.122. The molecule has 2 aromatic heterocycles. The van der Waals surface area contributed by atoms with Gasteiger partial charge in [0.2, 0.25) is 0 Å². The molecule has 0 fully saturated rings. The molecule has 0 amide bonds. The number of thiazole rings is 1. The molecule has 172 valence electrons. The SMILES string of the molecule is CCCOc1ccc2sc(Oc3ccc(OCC(=O)C(C#N)C(=O)n4cccc4)cc3)nc2c1. The first-order valence-corrected chi connectivity index (χ1v) is 11.4.